The van der Waals surface area contributed by atoms with Crippen molar-refractivity contribution in [1.29, 1.82) is 0 Å². The van der Waals surface area contributed by atoms with Gasteiger partial charge in [0.25, 0.3) is 0 Å². The van der Waals surface area contributed by atoms with Crippen LogP contribution < -0.4 is 5.32 Å². The maximum atomic E-state index is 12.1. The number of hydrogen-bond acceptors (Lipinski definition) is 5. The molecule has 0 aliphatic heterocycles. The van der Waals surface area contributed by atoms with Crippen molar-refractivity contribution < 1.29 is 9.53 Å². The molecule has 0 bridgehead atoms. The normalized spacial score (nSPS) is 11.0. The molecule has 2 heterocycles. The van der Waals surface area contributed by atoms with Crippen LogP contribution in [-0.4, -0.2) is 27.8 Å². The van der Waals surface area contributed by atoms with E-state index in [9.17, 15) is 4.79 Å². The van der Waals surface area contributed by atoms with Gasteiger partial charge in [0.05, 0.1) is 0 Å². The van der Waals surface area contributed by atoms with E-state index in [4.69, 9.17) is 4.74 Å². The van der Waals surface area contributed by atoms with Gasteiger partial charge in [0.2, 0.25) is 11.0 Å². The number of ether oxygens (including phenoxy) is 1. The third-order valence-electron chi connectivity index (χ3n) is 3.30. The standard InChI is InChI=1S/C15H15BrN4O2S/c1-22-9-14-18-19-15(23-14)17-13(21)5-7-20-6-4-10-2-3-11(16)8-12(10)20/h2-4,6,8H,5,7,9H2,1H3,(H,17,19,21). The van der Waals surface area contributed by atoms with E-state index in [1.54, 1.807) is 7.11 Å². The average Bonchev–Trinajstić information content (AvgIpc) is 3.12. The molecule has 120 valence electrons. The second kappa shape index (κ2) is 7.20. The van der Waals surface area contributed by atoms with Crippen LogP contribution in [0, 0.1) is 0 Å². The zero-order valence-corrected chi connectivity index (χ0v) is 14.9. The van der Waals surface area contributed by atoms with Crippen molar-refractivity contribution in [2.24, 2.45) is 0 Å². The van der Waals surface area contributed by atoms with E-state index in [-0.39, 0.29) is 5.91 Å². The lowest BCUT2D eigenvalue weighted by Gasteiger charge is -2.05. The first-order valence-corrected chi connectivity index (χ1v) is 8.62. The molecular weight excluding hydrogens is 380 g/mol. The Hall–Kier alpha value is -1.77. The number of benzene rings is 1. The zero-order valence-electron chi connectivity index (χ0n) is 12.5. The van der Waals surface area contributed by atoms with Crippen LogP contribution in [0.4, 0.5) is 5.13 Å². The van der Waals surface area contributed by atoms with Crippen molar-refractivity contribution in [2.75, 3.05) is 12.4 Å². The van der Waals surface area contributed by atoms with Crippen LogP contribution in [0.3, 0.4) is 0 Å². The monoisotopic (exact) mass is 394 g/mol. The Morgan fingerprint density at radius 2 is 2.26 bits per heavy atom. The van der Waals surface area contributed by atoms with Gasteiger partial charge >= 0.3 is 0 Å². The molecule has 0 radical (unpaired) electrons. The molecule has 3 aromatic rings. The molecule has 0 fully saturated rings. The molecular formula is C15H15BrN4O2S. The van der Waals surface area contributed by atoms with Crippen LogP contribution in [0.15, 0.2) is 34.9 Å². The Balaban J connectivity index is 1.60. The number of carbonyl (C=O) groups is 1. The van der Waals surface area contributed by atoms with Crippen molar-refractivity contribution >= 4 is 49.2 Å². The number of carbonyl (C=O) groups excluding carboxylic acids is 1. The summed E-state index contributed by atoms with van der Waals surface area (Å²) in [7, 11) is 1.60. The van der Waals surface area contributed by atoms with Crippen LogP contribution >= 0.6 is 27.3 Å². The Morgan fingerprint density at radius 3 is 3.09 bits per heavy atom. The van der Waals surface area contributed by atoms with Crippen molar-refractivity contribution in [1.82, 2.24) is 14.8 Å². The second-order valence-electron chi connectivity index (χ2n) is 4.94. The van der Waals surface area contributed by atoms with Gasteiger partial charge in [-0.15, -0.1) is 10.2 Å². The average molecular weight is 395 g/mol. The first kappa shape index (κ1) is 16.1. The van der Waals surface area contributed by atoms with E-state index in [0.29, 0.717) is 24.7 Å². The zero-order chi connectivity index (χ0) is 16.2. The molecule has 0 aliphatic rings. The molecule has 3 rings (SSSR count). The van der Waals surface area contributed by atoms with E-state index in [1.165, 1.54) is 11.3 Å². The number of nitrogens with one attached hydrogen (secondary N) is 1. The lowest BCUT2D eigenvalue weighted by Crippen LogP contribution is -2.14. The maximum Gasteiger partial charge on any atom is 0.227 e. The van der Waals surface area contributed by atoms with E-state index in [1.807, 2.05) is 18.3 Å². The molecule has 0 saturated carbocycles. The minimum absolute atomic E-state index is 0.0815. The molecule has 6 nitrogen and oxygen atoms in total. The lowest BCUT2D eigenvalue weighted by atomic mass is 10.2. The summed E-state index contributed by atoms with van der Waals surface area (Å²) in [4.78, 5) is 12.1. The molecule has 8 heteroatoms. The molecule has 2 aromatic heterocycles. The molecule has 0 atom stereocenters. The Bertz CT molecular complexity index is 830. The summed E-state index contributed by atoms with van der Waals surface area (Å²) in [6.45, 7) is 1.01. The number of amides is 1. The number of aryl methyl sites for hydroxylation is 1. The SMILES string of the molecule is COCc1nnc(NC(=O)CCn2ccc3ccc(Br)cc32)s1. The fraction of sp³-hybridized carbons (Fsp3) is 0.267. The summed E-state index contributed by atoms with van der Waals surface area (Å²) in [6.07, 6.45) is 2.36. The van der Waals surface area contributed by atoms with E-state index < -0.39 is 0 Å². The van der Waals surface area contributed by atoms with Crippen LogP contribution in [0.1, 0.15) is 11.4 Å². The van der Waals surface area contributed by atoms with Gasteiger partial charge in [0.15, 0.2) is 0 Å². The number of aromatic nitrogens is 3. The molecule has 1 aromatic carbocycles. The quantitative estimate of drug-likeness (QED) is 0.695. The van der Waals surface area contributed by atoms with Gasteiger partial charge in [-0.2, -0.15) is 0 Å². The number of rotatable bonds is 6. The smallest absolute Gasteiger partial charge is 0.227 e. The topological polar surface area (TPSA) is 69.0 Å². The van der Waals surface area contributed by atoms with E-state index >= 15 is 0 Å². The summed E-state index contributed by atoms with van der Waals surface area (Å²) in [5.74, 6) is -0.0815. The highest BCUT2D eigenvalue weighted by molar-refractivity contribution is 9.10. The lowest BCUT2D eigenvalue weighted by molar-refractivity contribution is -0.116. The maximum absolute atomic E-state index is 12.1. The first-order valence-electron chi connectivity index (χ1n) is 7.01. The summed E-state index contributed by atoms with van der Waals surface area (Å²) in [6, 6.07) is 8.15. The van der Waals surface area contributed by atoms with Gasteiger partial charge in [-0.05, 0) is 23.6 Å². The number of anilines is 1. The largest absolute Gasteiger partial charge is 0.377 e. The summed E-state index contributed by atoms with van der Waals surface area (Å²) >= 11 is 4.80. The highest BCUT2D eigenvalue weighted by Crippen LogP contribution is 2.21. The Labute approximate surface area is 145 Å². The van der Waals surface area contributed by atoms with Gasteiger partial charge in [0.1, 0.15) is 11.6 Å². The number of halogens is 1. The van der Waals surface area contributed by atoms with Crippen LogP contribution in [0.2, 0.25) is 0 Å². The number of nitrogens with zero attached hydrogens (tertiary/aromatic N) is 3. The van der Waals surface area contributed by atoms with Crippen LogP contribution in [0.25, 0.3) is 10.9 Å². The van der Waals surface area contributed by atoms with E-state index in [2.05, 4.69) is 48.1 Å². The van der Waals surface area contributed by atoms with Crippen molar-refractivity contribution in [3.05, 3.63) is 39.9 Å². The predicted molar refractivity (Wildman–Crippen MR) is 93.5 cm³/mol. The second-order valence-corrected chi connectivity index (χ2v) is 6.92. The van der Waals surface area contributed by atoms with E-state index in [0.717, 1.165) is 20.4 Å². The molecule has 23 heavy (non-hydrogen) atoms. The number of methoxy groups -OCH3 is 1. The molecule has 1 amide bonds. The highest BCUT2D eigenvalue weighted by Gasteiger charge is 2.09. The van der Waals surface area contributed by atoms with Crippen LogP contribution in [-0.2, 0) is 22.7 Å². The van der Waals surface area contributed by atoms with Crippen molar-refractivity contribution in [3.63, 3.8) is 0 Å². The predicted octanol–water partition coefficient (Wildman–Crippen LogP) is 3.43. The summed E-state index contributed by atoms with van der Waals surface area (Å²) < 4.78 is 8.07. The fourth-order valence-electron chi connectivity index (χ4n) is 2.24. The molecule has 1 N–H and O–H groups in total. The summed E-state index contributed by atoms with van der Waals surface area (Å²) in [5, 5.41) is 13.0. The number of hydrogen-bond donors (Lipinski definition) is 1. The van der Waals surface area contributed by atoms with Crippen LogP contribution in [0.5, 0.6) is 0 Å². The Morgan fingerprint density at radius 1 is 1.39 bits per heavy atom. The third-order valence-corrected chi connectivity index (χ3v) is 4.60. The van der Waals surface area contributed by atoms with Gasteiger partial charge < -0.3 is 14.6 Å². The van der Waals surface area contributed by atoms with Gasteiger partial charge in [-0.25, -0.2) is 0 Å². The minimum atomic E-state index is -0.0815. The molecule has 0 spiro atoms. The minimum Gasteiger partial charge on any atom is -0.377 e. The van der Waals surface area contributed by atoms with Gasteiger partial charge in [-0.1, -0.05) is 33.3 Å². The molecule has 0 aliphatic carbocycles. The van der Waals surface area contributed by atoms with Gasteiger partial charge in [-0.3, -0.25) is 4.79 Å². The number of fused-ring (bicyclic) bond motifs is 1. The Kier molecular flexibility index (Phi) is 5.04. The van der Waals surface area contributed by atoms with Crippen molar-refractivity contribution in [2.45, 2.75) is 19.6 Å². The molecule has 0 unspecified atom stereocenters. The highest BCUT2D eigenvalue weighted by atomic mass is 79.9. The first-order chi connectivity index (χ1) is 11.2. The van der Waals surface area contributed by atoms with Gasteiger partial charge in [0, 0.05) is 36.3 Å². The molecule has 0 saturated heterocycles. The van der Waals surface area contributed by atoms with Crippen molar-refractivity contribution in [3.8, 4) is 0 Å². The third kappa shape index (κ3) is 3.95. The summed E-state index contributed by atoms with van der Waals surface area (Å²) in [5.41, 5.74) is 1.10. The fourth-order valence-corrected chi connectivity index (χ4v) is 3.32.